The quantitative estimate of drug-likeness (QED) is 0.795. The predicted molar refractivity (Wildman–Crippen MR) is 107 cm³/mol. The maximum absolute atomic E-state index is 12.7. The summed E-state index contributed by atoms with van der Waals surface area (Å²) in [5.41, 5.74) is 0.563. The first-order valence-corrected chi connectivity index (χ1v) is 10.6. The number of carbonyl (C=O) groups is 1. The van der Waals surface area contributed by atoms with Crippen molar-refractivity contribution in [1.29, 1.82) is 0 Å². The smallest absolute Gasteiger partial charge is 0.243 e. The second-order valence-electron chi connectivity index (χ2n) is 6.16. The van der Waals surface area contributed by atoms with Gasteiger partial charge in [-0.3, -0.25) is 9.69 Å². The van der Waals surface area contributed by atoms with Crippen LogP contribution in [0.3, 0.4) is 0 Å². The number of amides is 1. The third-order valence-electron chi connectivity index (χ3n) is 4.30. The van der Waals surface area contributed by atoms with Crippen LogP contribution in [0.4, 0.5) is 5.69 Å². The van der Waals surface area contributed by atoms with Gasteiger partial charge in [-0.2, -0.15) is 4.31 Å². The van der Waals surface area contributed by atoms with Crippen molar-refractivity contribution in [3.05, 3.63) is 58.6 Å². The third-order valence-corrected chi connectivity index (χ3v) is 6.79. The van der Waals surface area contributed by atoms with Gasteiger partial charge in [-0.05, 0) is 36.4 Å². The molecule has 2 aromatic rings. The van der Waals surface area contributed by atoms with Crippen molar-refractivity contribution in [3.8, 4) is 0 Å². The molecule has 0 aromatic heterocycles. The van der Waals surface area contributed by atoms with E-state index in [1.54, 1.807) is 36.4 Å². The Bertz CT molecular complexity index is 912. The minimum absolute atomic E-state index is 0.181. The lowest BCUT2D eigenvalue weighted by molar-refractivity contribution is -0.117. The van der Waals surface area contributed by atoms with Gasteiger partial charge >= 0.3 is 0 Å². The van der Waals surface area contributed by atoms with Crippen LogP contribution >= 0.6 is 23.2 Å². The summed E-state index contributed by atoms with van der Waals surface area (Å²) < 4.78 is 26.8. The van der Waals surface area contributed by atoms with Crippen LogP contribution in [0.1, 0.15) is 0 Å². The van der Waals surface area contributed by atoms with E-state index in [0.29, 0.717) is 41.9 Å². The highest BCUT2D eigenvalue weighted by Gasteiger charge is 2.29. The summed E-state index contributed by atoms with van der Waals surface area (Å²) in [6.45, 7) is 1.78. The van der Waals surface area contributed by atoms with Gasteiger partial charge in [0, 0.05) is 31.2 Å². The Kier molecular flexibility index (Phi) is 6.39. The van der Waals surface area contributed by atoms with Gasteiger partial charge in [0.2, 0.25) is 15.9 Å². The molecule has 0 radical (unpaired) electrons. The van der Waals surface area contributed by atoms with E-state index in [2.05, 4.69) is 5.32 Å². The molecule has 0 saturated carbocycles. The van der Waals surface area contributed by atoms with Gasteiger partial charge in [-0.15, -0.1) is 0 Å². The van der Waals surface area contributed by atoms with Crippen LogP contribution in [0, 0.1) is 0 Å². The van der Waals surface area contributed by atoms with Gasteiger partial charge < -0.3 is 5.32 Å². The molecular formula is C18H19Cl2N3O3S. The van der Waals surface area contributed by atoms with E-state index < -0.39 is 10.0 Å². The number of nitrogens with one attached hydrogen (secondary N) is 1. The zero-order chi connectivity index (χ0) is 19.4. The number of nitrogens with zero attached hydrogens (tertiary/aromatic N) is 2. The van der Waals surface area contributed by atoms with Gasteiger partial charge in [-0.25, -0.2) is 8.42 Å². The topological polar surface area (TPSA) is 69.7 Å². The number of para-hydroxylation sites is 1. The van der Waals surface area contributed by atoms with Crippen LogP contribution in [-0.2, 0) is 14.8 Å². The van der Waals surface area contributed by atoms with Crippen molar-refractivity contribution in [1.82, 2.24) is 9.21 Å². The lowest BCUT2D eigenvalue weighted by Crippen LogP contribution is -2.50. The number of benzene rings is 2. The van der Waals surface area contributed by atoms with Gasteiger partial charge in [-0.1, -0.05) is 35.3 Å². The summed E-state index contributed by atoms with van der Waals surface area (Å²) in [5, 5.41) is 3.74. The lowest BCUT2D eigenvalue weighted by atomic mass is 10.3. The van der Waals surface area contributed by atoms with Crippen molar-refractivity contribution < 1.29 is 13.2 Å². The molecule has 0 aliphatic carbocycles. The largest absolute Gasteiger partial charge is 0.324 e. The van der Waals surface area contributed by atoms with Crippen molar-refractivity contribution in [3.63, 3.8) is 0 Å². The fourth-order valence-corrected chi connectivity index (χ4v) is 4.57. The average Bonchev–Trinajstić information content (AvgIpc) is 2.64. The Hall–Kier alpha value is -1.64. The van der Waals surface area contributed by atoms with E-state index in [1.165, 1.54) is 16.4 Å². The van der Waals surface area contributed by atoms with E-state index in [9.17, 15) is 13.2 Å². The SMILES string of the molecule is O=C(CN1CCN(S(=O)(=O)c2ccc(Cl)cc2)CC1)Nc1ccccc1Cl. The average molecular weight is 428 g/mol. The first-order chi connectivity index (χ1) is 12.9. The van der Waals surface area contributed by atoms with Crippen molar-refractivity contribution >= 4 is 44.8 Å². The molecule has 0 atom stereocenters. The number of piperazine rings is 1. The highest BCUT2D eigenvalue weighted by molar-refractivity contribution is 7.89. The number of sulfonamides is 1. The molecule has 1 saturated heterocycles. The van der Waals surface area contributed by atoms with Gasteiger partial charge in [0.05, 0.1) is 22.2 Å². The molecule has 6 nitrogen and oxygen atoms in total. The molecule has 1 amide bonds. The summed E-state index contributed by atoms with van der Waals surface area (Å²) in [5.74, 6) is -0.183. The van der Waals surface area contributed by atoms with E-state index in [4.69, 9.17) is 23.2 Å². The highest BCUT2D eigenvalue weighted by atomic mass is 35.5. The first kappa shape index (κ1) is 20.1. The molecule has 1 aliphatic heterocycles. The first-order valence-electron chi connectivity index (χ1n) is 8.39. The van der Waals surface area contributed by atoms with Crippen molar-refractivity contribution in [2.24, 2.45) is 0 Å². The minimum atomic E-state index is -3.55. The number of hydrogen-bond acceptors (Lipinski definition) is 4. The van der Waals surface area contributed by atoms with Crippen LogP contribution in [0.25, 0.3) is 0 Å². The predicted octanol–water partition coefficient (Wildman–Crippen LogP) is 2.94. The third kappa shape index (κ3) is 5.00. The Morgan fingerprint density at radius 1 is 0.963 bits per heavy atom. The molecule has 0 spiro atoms. The van der Waals surface area contributed by atoms with Crippen LogP contribution < -0.4 is 5.32 Å². The maximum Gasteiger partial charge on any atom is 0.243 e. The minimum Gasteiger partial charge on any atom is -0.324 e. The maximum atomic E-state index is 12.7. The Morgan fingerprint density at radius 3 is 2.22 bits per heavy atom. The van der Waals surface area contributed by atoms with E-state index in [-0.39, 0.29) is 17.3 Å². The Labute approximate surface area is 168 Å². The van der Waals surface area contributed by atoms with Crippen LogP contribution in [0.2, 0.25) is 10.0 Å². The Morgan fingerprint density at radius 2 is 1.59 bits per heavy atom. The zero-order valence-corrected chi connectivity index (χ0v) is 16.8. The molecule has 0 unspecified atom stereocenters. The normalized spacial score (nSPS) is 16.2. The summed E-state index contributed by atoms with van der Waals surface area (Å²) in [6.07, 6.45) is 0. The monoisotopic (exact) mass is 427 g/mol. The molecule has 27 heavy (non-hydrogen) atoms. The second kappa shape index (κ2) is 8.58. The fourth-order valence-electron chi connectivity index (χ4n) is 2.84. The zero-order valence-electron chi connectivity index (χ0n) is 14.4. The van der Waals surface area contributed by atoms with Crippen molar-refractivity contribution in [2.75, 3.05) is 38.0 Å². The van der Waals surface area contributed by atoms with Crippen LogP contribution in [0.5, 0.6) is 0 Å². The standard InChI is InChI=1S/C18H19Cl2N3O3S/c19-14-5-7-15(8-6-14)27(25,26)23-11-9-22(10-12-23)13-18(24)21-17-4-2-1-3-16(17)20/h1-8H,9-13H2,(H,21,24). The molecule has 1 fully saturated rings. The summed E-state index contributed by atoms with van der Waals surface area (Å²) >= 11 is 11.9. The highest BCUT2D eigenvalue weighted by Crippen LogP contribution is 2.21. The number of halogens is 2. The van der Waals surface area contributed by atoms with Crippen LogP contribution in [0.15, 0.2) is 53.4 Å². The molecule has 144 valence electrons. The van der Waals surface area contributed by atoms with E-state index >= 15 is 0 Å². The Balaban J connectivity index is 1.55. The van der Waals surface area contributed by atoms with Gasteiger partial charge in [0.25, 0.3) is 0 Å². The van der Waals surface area contributed by atoms with Crippen molar-refractivity contribution in [2.45, 2.75) is 4.90 Å². The second-order valence-corrected chi connectivity index (χ2v) is 8.94. The van der Waals surface area contributed by atoms with Gasteiger partial charge in [0.15, 0.2) is 0 Å². The fraction of sp³-hybridized carbons (Fsp3) is 0.278. The number of rotatable bonds is 5. The molecule has 3 rings (SSSR count). The molecule has 1 N–H and O–H groups in total. The number of anilines is 1. The molecule has 1 heterocycles. The number of hydrogen-bond donors (Lipinski definition) is 1. The molecular weight excluding hydrogens is 409 g/mol. The van der Waals surface area contributed by atoms with E-state index in [0.717, 1.165) is 0 Å². The molecule has 0 bridgehead atoms. The van der Waals surface area contributed by atoms with Crippen LogP contribution in [-0.4, -0.2) is 56.3 Å². The lowest BCUT2D eigenvalue weighted by Gasteiger charge is -2.33. The summed E-state index contributed by atoms with van der Waals surface area (Å²) in [6, 6.07) is 13.1. The molecule has 9 heteroatoms. The molecule has 2 aromatic carbocycles. The molecule has 1 aliphatic rings. The number of carbonyl (C=O) groups excluding carboxylic acids is 1. The summed E-state index contributed by atoms with van der Waals surface area (Å²) in [4.78, 5) is 14.3. The van der Waals surface area contributed by atoms with Gasteiger partial charge in [0.1, 0.15) is 0 Å². The summed E-state index contributed by atoms with van der Waals surface area (Å²) in [7, 11) is -3.55. The van der Waals surface area contributed by atoms with E-state index in [1.807, 2.05) is 4.90 Å².